The highest BCUT2D eigenvalue weighted by atomic mass is 16.5. The molecule has 33 heavy (non-hydrogen) atoms. The van der Waals surface area contributed by atoms with Gasteiger partial charge < -0.3 is 29.2 Å². The monoisotopic (exact) mass is 440 g/mol. The molecule has 1 saturated heterocycles. The minimum absolute atomic E-state index is 0.496. The van der Waals surface area contributed by atoms with Crippen molar-refractivity contribution in [3.05, 3.63) is 67.0 Å². The van der Waals surface area contributed by atoms with E-state index in [-0.39, 0.29) is 0 Å². The summed E-state index contributed by atoms with van der Waals surface area (Å²) in [6.45, 7) is 3.22. The molecular weight excluding hydrogens is 416 g/mol. The van der Waals surface area contributed by atoms with Gasteiger partial charge in [0.15, 0.2) is 5.82 Å². The van der Waals surface area contributed by atoms with E-state index in [0.717, 1.165) is 71.2 Å². The van der Waals surface area contributed by atoms with Crippen LogP contribution < -0.4 is 15.0 Å². The molecule has 2 aromatic carbocycles. The summed E-state index contributed by atoms with van der Waals surface area (Å²) in [6.07, 6.45) is 3.93. The first-order valence-electron chi connectivity index (χ1n) is 11.0. The zero-order chi connectivity index (χ0) is 22.2. The maximum Gasteiger partial charge on any atom is 0.231 e. The smallest absolute Gasteiger partial charge is 0.231 e. The van der Waals surface area contributed by atoms with Crippen LogP contribution in [-0.4, -0.2) is 52.9 Å². The Morgan fingerprint density at radius 2 is 1.91 bits per heavy atom. The van der Waals surface area contributed by atoms with Crippen molar-refractivity contribution in [3.63, 3.8) is 0 Å². The molecule has 1 aliphatic rings. The van der Waals surface area contributed by atoms with Crippen LogP contribution in [0.5, 0.6) is 5.75 Å². The zero-order valence-electron chi connectivity index (χ0n) is 18.3. The highest BCUT2D eigenvalue weighted by Crippen LogP contribution is 2.33. The molecule has 0 aliphatic carbocycles. The predicted octanol–water partition coefficient (Wildman–Crippen LogP) is 4.49. The third-order valence-corrected chi connectivity index (χ3v) is 6.03. The van der Waals surface area contributed by atoms with E-state index in [1.807, 2.05) is 42.7 Å². The zero-order valence-corrected chi connectivity index (χ0v) is 18.3. The molecule has 0 unspecified atom stereocenters. The van der Waals surface area contributed by atoms with Crippen LogP contribution >= 0.6 is 0 Å². The Hall–Kier alpha value is -4.04. The minimum atomic E-state index is 0.496. The number of nitrogens with zero attached hydrogens (tertiary/aromatic N) is 4. The Morgan fingerprint density at radius 3 is 2.79 bits per heavy atom. The normalized spacial score (nSPS) is 14.2. The third kappa shape index (κ3) is 3.54. The molecule has 0 radical (unpaired) electrons. The summed E-state index contributed by atoms with van der Waals surface area (Å²) in [4.78, 5) is 15.1. The van der Waals surface area contributed by atoms with E-state index in [1.165, 1.54) is 0 Å². The number of morpholine rings is 1. The number of aromatic nitrogens is 4. The van der Waals surface area contributed by atoms with Crippen LogP contribution in [0.2, 0.25) is 0 Å². The first kappa shape index (κ1) is 19.6. The molecule has 5 aromatic rings. The summed E-state index contributed by atoms with van der Waals surface area (Å²) in [5, 5.41) is 5.48. The molecule has 2 N–H and O–H groups in total. The molecule has 0 amide bonds. The molecule has 8 heteroatoms. The van der Waals surface area contributed by atoms with Gasteiger partial charge in [0.2, 0.25) is 5.95 Å². The molecule has 0 bridgehead atoms. The number of methoxy groups -OCH3 is 1. The quantitative estimate of drug-likeness (QED) is 0.419. The number of H-pyrrole nitrogens is 1. The summed E-state index contributed by atoms with van der Waals surface area (Å²) in [7, 11) is 1.68. The maximum atomic E-state index is 5.69. The maximum absolute atomic E-state index is 5.69. The second-order valence-electron chi connectivity index (χ2n) is 7.96. The second kappa shape index (κ2) is 8.14. The van der Waals surface area contributed by atoms with Crippen LogP contribution in [0.3, 0.4) is 0 Å². The van der Waals surface area contributed by atoms with Crippen molar-refractivity contribution >= 4 is 39.3 Å². The molecule has 0 atom stereocenters. The Labute approximate surface area is 190 Å². The predicted molar refractivity (Wildman–Crippen MR) is 130 cm³/mol. The second-order valence-corrected chi connectivity index (χ2v) is 7.96. The molecule has 6 rings (SSSR count). The topological polar surface area (TPSA) is 80.2 Å². The average Bonchev–Trinajstić information content (AvgIpc) is 3.51. The number of anilines is 3. The van der Waals surface area contributed by atoms with Gasteiger partial charge in [-0.05, 0) is 35.7 Å². The number of fused-ring (bicyclic) bond motifs is 2. The lowest BCUT2D eigenvalue weighted by atomic mass is 10.2. The molecule has 1 aliphatic heterocycles. The van der Waals surface area contributed by atoms with Crippen molar-refractivity contribution in [2.45, 2.75) is 0 Å². The van der Waals surface area contributed by atoms with Gasteiger partial charge >= 0.3 is 0 Å². The highest BCUT2D eigenvalue weighted by Gasteiger charge is 2.16. The van der Waals surface area contributed by atoms with E-state index in [1.54, 1.807) is 7.11 Å². The van der Waals surface area contributed by atoms with E-state index < -0.39 is 0 Å². The van der Waals surface area contributed by atoms with Crippen molar-refractivity contribution in [1.82, 2.24) is 19.5 Å². The van der Waals surface area contributed by atoms with Crippen LogP contribution in [0.1, 0.15) is 0 Å². The fourth-order valence-electron chi connectivity index (χ4n) is 4.35. The van der Waals surface area contributed by atoms with Gasteiger partial charge in [-0.3, -0.25) is 0 Å². The Bertz CT molecular complexity index is 1430. The molecule has 3 aromatic heterocycles. The van der Waals surface area contributed by atoms with Crippen LogP contribution in [-0.2, 0) is 4.74 Å². The lowest BCUT2D eigenvalue weighted by Crippen LogP contribution is -2.36. The number of benzene rings is 2. The van der Waals surface area contributed by atoms with Crippen LogP contribution in [0.15, 0.2) is 67.0 Å². The van der Waals surface area contributed by atoms with Gasteiger partial charge in [0.1, 0.15) is 11.4 Å². The van der Waals surface area contributed by atoms with Gasteiger partial charge in [-0.25, -0.2) is 0 Å². The first-order chi connectivity index (χ1) is 16.3. The summed E-state index contributed by atoms with van der Waals surface area (Å²) < 4.78 is 13.3. The van der Waals surface area contributed by atoms with E-state index in [2.05, 4.69) is 44.0 Å². The van der Waals surface area contributed by atoms with Crippen LogP contribution in [0, 0.1) is 0 Å². The summed E-state index contributed by atoms with van der Waals surface area (Å²) in [6, 6.07) is 18.5. The minimum Gasteiger partial charge on any atom is -0.494 e. The average molecular weight is 441 g/mol. The molecular formula is C25H24N6O2. The summed E-state index contributed by atoms with van der Waals surface area (Å²) >= 11 is 0. The lowest BCUT2D eigenvalue weighted by Gasteiger charge is -2.29. The Morgan fingerprint density at radius 1 is 1.03 bits per heavy atom. The van der Waals surface area contributed by atoms with Crippen LogP contribution in [0.25, 0.3) is 27.8 Å². The molecule has 0 saturated carbocycles. The van der Waals surface area contributed by atoms with Gasteiger partial charge in [-0.2, -0.15) is 9.97 Å². The Kier molecular flexibility index (Phi) is 4.84. The van der Waals surface area contributed by atoms with Gasteiger partial charge in [0.25, 0.3) is 0 Å². The number of nitrogens with one attached hydrogen (secondary N) is 2. The molecule has 166 valence electrons. The van der Waals surface area contributed by atoms with Gasteiger partial charge in [0.05, 0.1) is 36.9 Å². The van der Waals surface area contributed by atoms with Crippen molar-refractivity contribution in [3.8, 4) is 11.6 Å². The SMILES string of the molecule is COc1cc(N2CCOCC2)ccc1Nc1nc(-n2ccc3ccccc32)c2cc[nH]c2n1. The molecule has 4 heterocycles. The standard InChI is InChI=1S/C25H24N6O2/c1-32-22-16-18(30-12-14-33-15-13-30)6-7-20(22)27-25-28-23-19(8-10-26-23)24(29-25)31-11-9-17-4-2-3-5-21(17)31/h2-11,16H,12-15H2,1H3,(H2,26,27,28,29). The fourth-order valence-corrected chi connectivity index (χ4v) is 4.35. The number of hydrogen-bond donors (Lipinski definition) is 2. The largest absolute Gasteiger partial charge is 0.494 e. The van der Waals surface area contributed by atoms with E-state index >= 15 is 0 Å². The molecule has 1 fully saturated rings. The van der Waals surface area contributed by atoms with Crippen molar-refractivity contribution in [1.29, 1.82) is 0 Å². The van der Waals surface area contributed by atoms with Crippen molar-refractivity contribution in [2.24, 2.45) is 0 Å². The van der Waals surface area contributed by atoms with E-state index in [4.69, 9.17) is 19.4 Å². The number of para-hydroxylation sites is 1. The lowest BCUT2D eigenvalue weighted by molar-refractivity contribution is 0.122. The number of rotatable bonds is 5. The highest BCUT2D eigenvalue weighted by molar-refractivity contribution is 5.89. The van der Waals surface area contributed by atoms with Crippen molar-refractivity contribution in [2.75, 3.05) is 43.6 Å². The third-order valence-electron chi connectivity index (χ3n) is 6.03. The molecule has 0 spiro atoms. The number of ether oxygens (including phenoxy) is 2. The summed E-state index contributed by atoms with van der Waals surface area (Å²) in [5.41, 5.74) is 3.78. The fraction of sp³-hybridized carbons (Fsp3) is 0.200. The summed E-state index contributed by atoms with van der Waals surface area (Å²) in [5.74, 6) is 2.05. The number of aromatic amines is 1. The van der Waals surface area contributed by atoms with E-state index in [9.17, 15) is 0 Å². The Balaban J connectivity index is 1.39. The van der Waals surface area contributed by atoms with E-state index in [0.29, 0.717) is 5.95 Å². The number of hydrogen-bond acceptors (Lipinski definition) is 6. The first-order valence-corrected chi connectivity index (χ1v) is 11.0. The molecule has 8 nitrogen and oxygen atoms in total. The van der Waals surface area contributed by atoms with Crippen molar-refractivity contribution < 1.29 is 9.47 Å². The van der Waals surface area contributed by atoms with Gasteiger partial charge in [-0.1, -0.05) is 18.2 Å². The van der Waals surface area contributed by atoms with Gasteiger partial charge in [-0.15, -0.1) is 0 Å². The van der Waals surface area contributed by atoms with Gasteiger partial charge in [0, 0.05) is 37.2 Å². The van der Waals surface area contributed by atoms with Crippen LogP contribution in [0.4, 0.5) is 17.3 Å².